The molecule has 122 valence electrons. The Morgan fingerprint density at radius 1 is 1.04 bits per heavy atom. The van der Waals surface area contributed by atoms with Gasteiger partial charge in [-0.3, -0.25) is 4.79 Å². The Labute approximate surface area is 139 Å². The molecule has 0 bridgehead atoms. The highest BCUT2D eigenvalue weighted by Gasteiger charge is 2.19. The van der Waals surface area contributed by atoms with Crippen molar-refractivity contribution < 1.29 is 18.7 Å². The second kappa shape index (κ2) is 6.58. The number of rotatable bonds is 4. The lowest BCUT2D eigenvalue weighted by atomic mass is 10.1. The van der Waals surface area contributed by atoms with Gasteiger partial charge in [0.1, 0.15) is 5.58 Å². The minimum Gasteiger partial charge on any atom is -0.450 e. The van der Waals surface area contributed by atoms with Crippen LogP contribution in [0.3, 0.4) is 0 Å². The summed E-state index contributed by atoms with van der Waals surface area (Å²) >= 11 is 0. The number of para-hydroxylation sites is 2. The van der Waals surface area contributed by atoms with E-state index in [2.05, 4.69) is 5.32 Å². The summed E-state index contributed by atoms with van der Waals surface area (Å²) in [6.45, 7) is 3.30. The Bertz CT molecular complexity index is 911. The lowest BCUT2D eigenvalue weighted by Crippen LogP contribution is -2.21. The predicted molar refractivity (Wildman–Crippen MR) is 91.0 cm³/mol. The van der Waals surface area contributed by atoms with Crippen LogP contribution in [0, 0.1) is 13.8 Å². The molecule has 0 aliphatic heterocycles. The minimum atomic E-state index is -0.649. The summed E-state index contributed by atoms with van der Waals surface area (Å²) in [6.07, 6.45) is 0. The van der Waals surface area contributed by atoms with Crippen molar-refractivity contribution in [3.05, 3.63) is 65.4 Å². The SMILES string of the molecule is Cc1ccccc1NC(=O)COC(=O)c1oc2ccccc2c1C. The number of ether oxygens (including phenoxy) is 1. The number of anilines is 1. The third-order valence-electron chi connectivity index (χ3n) is 3.78. The Morgan fingerprint density at radius 2 is 1.75 bits per heavy atom. The van der Waals surface area contributed by atoms with Crippen molar-refractivity contribution >= 4 is 28.5 Å². The van der Waals surface area contributed by atoms with E-state index in [9.17, 15) is 9.59 Å². The van der Waals surface area contributed by atoms with Crippen LogP contribution in [-0.2, 0) is 9.53 Å². The average molecular weight is 323 g/mol. The van der Waals surface area contributed by atoms with Crippen molar-refractivity contribution in [2.75, 3.05) is 11.9 Å². The Balaban J connectivity index is 1.65. The molecular weight excluding hydrogens is 306 g/mol. The molecule has 5 heteroatoms. The maximum Gasteiger partial charge on any atom is 0.375 e. The highest BCUT2D eigenvalue weighted by atomic mass is 16.5. The van der Waals surface area contributed by atoms with E-state index < -0.39 is 11.9 Å². The molecule has 0 unspecified atom stereocenters. The molecule has 1 aromatic heterocycles. The van der Waals surface area contributed by atoms with Crippen molar-refractivity contribution in [3.8, 4) is 0 Å². The van der Waals surface area contributed by atoms with E-state index in [0.717, 1.165) is 10.9 Å². The molecule has 0 saturated heterocycles. The van der Waals surface area contributed by atoms with Crippen LogP contribution in [-0.4, -0.2) is 18.5 Å². The normalized spacial score (nSPS) is 10.6. The smallest absolute Gasteiger partial charge is 0.375 e. The second-order valence-corrected chi connectivity index (χ2v) is 5.49. The molecule has 0 radical (unpaired) electrons. The van der Waals surface area contributed by atoms with E-state index >= 15 is 0 Å². The number of amides is 1. The molecule has 24 heavy (non-hydrogen) atoms. The molecule has 0 atom stereocenters. The van der Waals surface area contributed by atoms with Gasteiger partial charge in [-0.1, -0.05) is 36.4 Å². The highest BCUT2D eigenvalue weighted by Crippen LogP contribution is 2.25. The Kier molecular flexibility index (Phi) is 4.33. The van der Waals surface area contributed by atoms with Gasteiger partial charge in [0.15, 0.2) is 6.61 Å². The van der Waals surface area contributed by atoms with Crippen molar-refractivity contribution in [1.82, 2.24) is 0 Å². The third kappa shape index (κ3) is 3.15. The highest BCUT2D eigenvalue weighted by molar-refractivity contribution is 5.98. The van der Waals surface area contributed by atoms with Gasteiger partial charge in [0.25, 0.3) is 5.91 Å². The van der Waals surface area contributed by atoms with Crippen LogP contribution in [0.2, 0.25) is 0 Å². The zero-order chi connectivity index (χ0) is 17.1. The first-order valence-corrected chi connectivity index (χ1v) is 7.57. The van der Waals surface area contributed by atoms with Crippen molar-refractivity contribution in [1.29, 1.82) is 0 Å². The van der Waals surface area contributed by atoms with Crippen LogP contribution in [0.15, 0.2) is 52.9 Å². The first-order valence-electron chi connectivity index (χ1n) is 7.57. The summed E-state index contributed by atoms with van der Waals surface area (Å²) < 4.78 is 10.6. The van der Waals surface area contributed by atoms with Crippen molar-refractivity contribution in [2.24, 2.45) is 0 Å². The average Bonchev–Trinajstić information content (AvgIpc) is 2.92. The van der Waals surface area contributed by atoms with E-state index in [1.54, 1.807) is 19.1 Å². The molecule has 2 aromatic carbocycles. The van der Waals surface area contributed by atoms with Crippen molar-refractivity contribution in [2.45, 2.75) is 13.8 Å². The van der Waals surface area contributed by atoms with Gasteiger partial charge in [-0.15, -0.1) is 0 Å². The van der Waals surface area contributed by atoms with E-state index in [4.69, 9.17) is 9.15 Å². The molecule has 0 saturated carbocycles. The van der Waals surface area contributed by atoms with Crippen LogP contribution >= 0.6 is 0 Å². The van der Waals surface area contributed by atoms with Gasteiger partial charge in [-0.05, 0) is 31.5 Å². The number of esters is 1. The molecule has 0 aliphatic rings. The standard InChI is InChI=1S/C19H17NO4/c1-12-7-3-5-9-15(12)20-17(21)11-23-19(22)18-13(2)14-8-4-6-10-16(14)24-18/h3-10H,11H2,1-2H3,(H,20,21). The van der Waals surface area contributed by atoms with Crippen LogP contribution in [0.25, 0.3) is 11.0 Å². The number of aryl methyl sites for hydroxylation is 2. The number of hydrogen-bond donors (Lipinski definition) is 1. The van der Waals surface area contributed by atoms with Crippen LogP contribution < -0.4 is 5.32 Å². The Morgan fingerprint density at radius 3 is 2.50 bits per heavy atom. The fourth-order valence-corrected chi connectivity index (χ4v) is 2.47. The zero-order valence-corrected chi connectivity index (χ0v) is 13.5. The summed E-state index contributed by atoms with van der Waals surface area (Å²) in [6, 6.07) is 14.7. The monoisotopic (exact) mass is 323 g/mol. The minimum absolute atomic E-state index is 0.125. The van der Waals surface area contributed by atoms with Crippen LogP contribution in [0.1, 0.15) is 21.7 Å². The lowest BCUT2D eigenvalue weighted by Gasteiger charge is -2.08. The van der Waals surface area contributed by atoms with E-state index in [1.165, 1.54) is 0 Å². The van der Waals surface area contributed by atoms with Crippen molar-refractivity contribution in [3.63, 3.8) is 0 Å². The van der Waals surface area contributed by atoms with Gasteiger partial charge in [0.2, 0.25) is 5.76 Å². The van der Waals surface area contributed by atoms with Gasteiger partial charge >= 0.3 is 5.97 Å². The van der Waals surface area contributed by atoms with Gasteiger partial charge in [-0.2, -0.15) is 0 Å². The van der Waals surface area contributed by atoms with E-state index in [-0.39, 0.29) is 12.4 Å². The number of nitrogens with one attached hydrogen (secondary N) is 1. The molecule has 3 rings (SSSR count). The summed E-state index contributed by atoms with van der Waals surface area (Å²) in [5.74, 6) is -0.921. The largest absolute Gasteiger partial charge is 0.450 e. The Hall–Kier alpha value is -3.08. The molecule has 1 N–H and O–H groups in total. The molecule has 0 spiro atoms. The molecular formula is C19H17NO4. The maximum absolute atomic E-state index is 12.2. The number of carbonyl (C=O) groups is 2. The predicted octanol–water partition coefficient (Wildman–Crippen LogP) is 3.85. The zero-order valence-electron chi connectivity index (χ0n) is 13.5. The van der Waals surface area contributed by atoms with E-state index in [1.807, 2.05) is 43.3 Å². The topological polar surface area (TPSA) is 68.5 Å². The number of fused-ring (bicyclic) bond motifs is 1. The molecule has 3 aromatic rings. The van der Waals surface area contributed by atoms with Gasteiger partial charge in [0.05, 0.1) is 0 Å². The fraction of sp³-hybridized carbons (Fsp3) is 0.158. The summed E-state index contributed by atoms with van der Waals surface area (Å²) in [4.78, 5) is 24.1. The van der Waals surface area contributed by atoms with Crippen LogP contribution in [0.5, 0.6) is 0 Å². The quantitative estimate of drug-likeness (QED) is 0.741. The molecule has 5 nitrogen and oxygen atoms in total. The summed E-state index contributed by atoms with van der Waals surface area (Å²) in [5.41, 5.74) is 2.95. The lowest BCUT2D eigenvalue weighted by molar-refractivity contribution is -0.119. The first-order chi connectivity index (χ1) is 11.6. The molecule has 0 fully saturated rings. The van der Waals surface area contributed by atoms with E-state index in [0.29, 0.717) is 16.8 Å². The van der Waals surface area contributed by atoms with Crippen LogP contribution in [0.4, 0.5) is 5.69 Å². The summed E-state index contributed by atoms with van der Waals surface area (Å²) in [5, 5.41) is 3.57. The number of carbonyl (C=O) groups excluding carboxylic acids is 2. The van der Waals surface area contributed by atoms with Gasteiger partial charge in [-0.25, -0.2) is 4.79 Å². The third-order valence-corrected chi connectivity index (χ3v) is 3.78. The van der Waals surface area contributed by atoms with Gasteiger partial charge in [0, 0.05) is 16.6 Å². The molecule has 1 amide bonds. The second-order valence-electron chi connectivity index (χ2n) is 5.49. The molecule has 1 heterocycles. The first kappa shape index (κ1) is 15.8. The maximum atomic E-state index is 12.2. The van der Waals surface area contributed by atoms with Gasteiger partial charge < -0.3 is 14.5 Å². The number of benzene rings is 2. The number of hydrogen-bond acceptors (Lipinski definition) is 4. The summed E-state index contributed by atoms with van der Waals surface area (Å²) in [7, 11) is 0. The fourth-order valence-electron chi connectivity index (χ4n) is 2.47. The number of furan rings is 1. The molecule has 0 aliphatic carbocycles.